The summed E-state index contributed by atoms with van der Waals surface area (Å²) in [6.07, 6.45) is 47.6. The molecule has 0 radical (unpaired) electrons. The number of rotatable bonds is 8. The summed E-state index contributed by atoms with van der Waals surface area (Å²) in [4.78, 5) is 4.81. The van der Waals surface area contributed by atoms with Gasteiger partial charge in [-0.15, -0.1) is 0 Å². The van der Waals surface area contributed by atoms with Crippen molar-refractivity contribution < 1.29 is 34.6 Å². The second kappa shape index (κ2) is 31.2. The van der Waals surface area contributed by atoms with E-state index in [0.717, 1.165) is 13.1 Å². The summed E-state index contributed by atoms with van der Waals surface area (Å²) in [7, 11) is 9.04. The molecule has 2 aromatic carbocycles. The molecule has 6 aliphatic carbocycles. The van der Waals surface area contributed by atoms with Gasteiger partial charge in [0.25, 0.3) is 0 Å². The van der Waals surface area contributed by atoms with E-state index in [2.05, 4.69) is 102 Å². The molecule has 0 amide bonds. The van der Waals surface area contributed by atoms with E-state index >= 15 is 0 Å². The number of nitrogens with zero attached hydrogens (tertiary/aromatic N) is 2. The first kappa shape index (κ1) is 56.6. The fraction of sp³-hybridized carbons (Fsp3) is 0.772. The molecule has 1 aliphatic heterocycles. The zero-order chi connectivity index (χ0) is 46.6. The number of anilines is 2. The number of halogens is 2. The van der Waals surface area contributed by atoms with Crippen LogP contribution >= 0.6 is 35.2 Å². The number of aryl methyl sites for hydroxylation is 6. The summed E-state index contributed by atoms with van der Waals surface area (Å²) < 4.78 is 0. The summed E-state index contributed by atoms with van der Waals surface area (Å²) >= 11 is 3.64. The molecule has 0 aromatic heterocycles. The summed E-state index contributed by atoms with van der Waals surface area (Å²) in [5.41, 5.74) is 18.2. The van der Waals surface area contributed by atoms with Crippen LogP contribution in [0.2, 0.25) is 0 Å². The minimum atomic E-state index is -0.0465. The fourth-order valence-electron chi connectivity index (χ4n) is 14.7. The molecule has 2 nitrogen and oxygen atoms in total. The van der Waals surface area contributed by atoms with E-state index in [9.17, 15) is 0 Å². The van der Waals surface area contributed by atoms with Gasteiger partial charge < -0.3 is 9.80 Å². The second-order valence-electron chi connectivity index (χ2n) is 22.0. The van der Waals surface area contributed by atoms with E-state index in [0.29, 0.717) is 0 Å². The second-order valence-corrected chi connectivity index (χ2v) is 28.9. The first-order chi connectivity index (χ1) is 31.8. The van der Waals surface area contributed by atoms with Crippen molar-refractivity contribution in [1.82, 2.24) is 0 Å². The van der Waals surface area contributed by atoms with Gasteiger partial charge in [-0.2, -0.15) is 6.67 Å². The Morgan fingerprint density at radius 1 is 0.385 bits per heavy atom. The molecule has 0 bridgehead atoms. The Kier molecular flexibility index (Phi) is 27.2. The number of benzene rings is 2. The summed E-state index contributed by atoms with van der Waals surface area (Å²) in [5.74, 6) is 0. The maximum absolute atomic E-state index is 4.57. The Balaban J connectivity index is 0.000000177. The topological polar surface area (TPSA) is 6.48 Å². The molecule has 7 fully saturated rings. The molecule has 8 heteroatoms. The van der Waals surface area contributed by atoms with Crippen LogP contribution in [0.25, 0.3) is 0 Å². The van der Waals surface area contributed by atoms with Crippen LogP contribution < -0.4 is 9.80 Å². The van der Waals surface area contributed by atoms with Crippen LogP contribution in [0, 0.1) is 48.2 Å². The van der Waals surface area contributed by atoms with Crippen molar-refractivity contribution in [2.75, 3.05) is 22.9 Å². The third-order valence-electron chi connectivity index (χ3n) is 17.2. The average Bonchev–Trinajstić information content (AvgIpc) is 3.81. The van der Waals surface area contributed by atoms with E-state index in [1.165, 1.54) is 78.7 Å². The normalized spacial score (nSPS) is 22.3. The summed E-state index contributed by atoms with van der Waals surface area (Å²) in [5, 5.41) is 0. The van der Waals surface area contributed by atoms with Crippen LogP contribution in [0.1, 0.15) is 226 Å². The first-order valence-corrected chi connectivity index (χ1v) is 35.2. The standard InChI is InChI=1S/C21H27N2.2C18H33P.2ClH.2Ru/c1-14-9-16(3)20(17(4)10-14)22-7-8-23(13-22)21-18(5)11-15(2)12-19(21)6;2*1-4-10-16(11-5-1)19(17-12-6-2-7-13-17)18-14-8-3-9-15-18;;;;/h9-13H,7-8H2,1-6H3;2*16-18H,1-15H2;2*1H;;/q-1;;;;;+1;+2. The van der Waals surface area contributed by atoms with Gasteiger partial charge in [0.05, 0.1) is 34.0 Å². The molecule has 2 aromatic rings. The van der Waals surface area contributed by atoms with E-state index in [4.69, 9.17) is 0 Å². The van der Waals surface area contributed by atoms with Crippen molar-refractivity contribution in [2.24, 2.45) is 0 Å². The molecule has 7 aliphatic rings. The maximum atomic E-state index is 4.57. The van der Waals surface area contributed by atoms with Gasteiger partial charge in [0, 0.05) is 40.3 Å². The third kappa shape index (κ3) is 17.2. The van der Waals surface area contributed by atoms with Gasteiger partial charge in [0.15, 0.2) is 0 Å². The zero-order valence-electron chi connectivity index (χ0n) is 42.3. The fourth-order valence-corrected chi connectivity index (χ4v) is 25.2. The van der Waals surface area contributed by atoms with E-state index in [1.807, 2.05) is 34.6 Å². The Bertz CT molecular complexity index is 1360. The molecular formula is C57H95Cl2N2P2Ru2+2. The van der Waals surface area contributed by atoms with Gasteiger partial charge in [0.2, 0.25) is 0 Å². The van der Waals surface area contributed by atoms with Crippen LogP contribution in [0.3, 0.4) is 0 Å². The van der Waals surface area contributed by atoms with E-state index < -0.39 is 0 Å². The SMILES string of the molecule is C1CCC([PH+](C2CCCCC2)C2CCCCC2)CC1.C1CCC([PH+](C2CCCCC2)C2CCCCC2)CC1.Cc1cc(C)c(N2[CH-]N(c3c(C)cc(C)cc3C)CC2)c(C)c1.[Cl][Ru+].[Cl][Ru]. The van der Waals surface area contributed by atoms with Crippen molar-refractivity contribution in [3.8, 4) is 0 Å². The van der Waals surface area contributed by atoms with Gasteiger partial charge in [-0.25, -0.2) is 0 Å². The molecule has 371 valence electrons. The molecule has 6 saturated carbocycles. The minimum absolute atomic E-state index is 0.0465. The van der Waals surface area contributed by atoms with Crippen LogP contribution in [-0.2, 0) is 34.6 Å². The molecule has 1 saturated heterocycles. The van der Waals surface area contributed by atoms with E-state index in [1.54, 1.807) is 193 Å². The first-order valence-electron chi connectivity index (χ1n) is 27.3. The molecule has 65 heavy (non-hydrogen) atoms. The molecular weight excluding hydrogens is 1050 g/mol. The third-order valence-corrected chi connectivity index (χ3v) is 26.3. The molecule has 1 heterocycles. The monoisotopic (exact) mass is 1140 g/mol. The van der Waals surface area contributed by atoms with Gasteiger partial charge in [0.1, 0.15) is 0 Å². The molecule has 0 atom stereocenters. The predicted octanol–water partition coefficient (Wildman–Crippen LogP) is 18.8. The average molecular weight is 1140 g/mol. The quantitative estimate of drug-likeness (QED) is 0.148. The van der Waals surface area contributed by atoms with Gasteiger partial charge in [-0.1, -0.05) is 73.9 Å². The van der Waals surface area contributed by atoms with Crippen molar-refractivity contribution in [3.63, 3.8) is 0 Å². The Morgan fingerprint density at radius 2 is 0.569 bits per heavy atom. The van der Waals surface area contributed by atoms with Crippen LogP contribution in [-0.4, -0.2) is 47.0 Å². The predicted molar refractivity (Wildman–Crippen MR) is 290 cm³/mol. The molecule has 9 rings (SSSR count). The van der Waals surface area contributed by atoms with Crippen LogP contribution in [0.15, 0.2) is 24.3 Å². The van der Waals surface area contributed by atoms with Crippen molar-refractivity contribution in [3.05, 3.63) is 64.3 Å². The molecule has 0 spiro atoms. The Morgan fingerprint density at radius 3 is 0.754 bits per heavy atom. The van der Waals surface area contributed by atoms with Crippen LogP contribution in [0.5, 0.6) is 0 Å². The number of hydrogen-bond donors (Lipinski definition) is 0. The van der Waals surface area contributed by atoms with Gasteiger partial charge in [-0.05, 0) is 218 Å². The zero-order valence-corrected chi connectivity index (χ0v) is 49.3. The van der Waals surface area contributed by atoms with Crippen molar-refractivity contribution in [1.29, 1.82) is 0 Å². The summed E-state index contributed by atoms with van der Waals surface area (Å²) in [6.45, 7) is 17.6. The van der Waals surface area contributed by atoms with Crippen molar-refractivity contribution in [2.45, 2.75) is 268 Å². The van der Waals surface area contributed by atoms with Crippen molar-refractivity contribution >= 4 is 46.6 Å². The van der Waals surface area contributed by atoms with Crippen LogP contribution in [0.4, 0.5) is 11.4 Å². The molecule has 0 N–H and O–H groups in total. The van der Waals surface area contributed by atoms with Gasteiger partial charge in [-0.3, -0.25) is 0 Å². The Labute approximate surface area is 433 Å². The number of hydrogen-bond acceptors (Lipinski definition) is 2. The van der Waals surface area contributed by atoms with E-state index in [-0.39, 0.29) is 15.8 Å². The van der Waals surface area contributed by atoms with Gasteiger partial charge >= 0.3 is 54.0 Å². The molecule has 0 unspecified atom stereocenters. The Hall–Kier alpha value is 0.727. The summed E-state index contributed by atoms with van der Waals surface area (Å²) in [6, 6.07) is 9.12.